The van der Waals surface area contributed by atoms with Crippen molar-refractivity contribution in [2.24, 2.45) is 5.92 Å². The summed E-state index contributed by atoms with van der Waals surface area (Å²) >= 11 is 0. The lowest BCUT2D eigenvalue weighted by Gasteiger charge is -2.19. The van der Waals surface area contributed by atoms with Gasteiger partial charge in [0.05, 0.1) is 6.61 Å². The number of aromatic nitrogens is 1. The van der Waals surface area contributed by atoms with Crippen LogP contribution in [-0.2, 0) is 0 Å². The zero-order valence-electron chi connectivity index (χ0n) is 10.8. The summed E-state index contributed by atoms with van der Waals surface area (Å²) in [6, 6.07) is 4.47. The van der Waals surface area contributed by atoms with Gasteiger partial charge in [0.2, 0.25) is 0 Å². The summed E-state index contributed by atoms with van der Waals surface area (Å²) in [4.78, 5) is 4.39. The van der Waals surface area contributed by atoms with Crippen LogP contribution in [0.1, 0.15) is 39.5 Å². The molecule has 0 amide bonds. The van der Waals surface area contributed by atoms with Gasteiger partial charge < -0.3 is 10.1 Å². The van der Waals surface area contributed by atoms with Crippen molar-refractivity contribution in [3.8, 4) is 5.75 Å². The van der Waals surface area contributed by atoms with Gasteiger partial charge in [0.25, 0.3) is 0 Å². The van der Waals surface area contributed by atoms with Gasteiger partial charge in [-0.15, -0.1) is 0 Å². The Morgan fingerprint density at radius 3 is 3.06 bits per heavy atom. The van der Waals surface area contributed by atoms with Crippen molar-refractivity contribution in [1.29, 1.82) is 0 Å². The van der Waals surface area contributed by atoms with Crippen LogP contribution in [0.2, 0.25) is 0 Å². The standard InChI is InChI=1S/C14H22N2O/c1-3-10-17-13-8-5-9-15-14(13)16-12-7-4-6-11(12)2/h5,8-9,11-12H,3-4,6-7,10H2,1-2H3,(H,15,16). The number of hydrogen-bond acceptors (Lipinski definition) is 3. The Hall–Kier alpha value is -1.25. The number of nitrogens with zero attached hydrogens (tertiary/aromatic N) is 1. The number of rotatable bonds is 5. The third-order valence-corrected chi connectivity index (χ3v) is 3.42. The van der Waals surface area contributed by atoms with Gasteiger partial charge >= 0.3 is 0 Å². The molecule has 1 saturated carbocycles. The zero-order valence-corrected chi connectivity index (χ0v) is 10.8. The van der Waals surface area contributed by atoms with E-state index in [1.54, 1.807) is 0 Å². The number of nitrogens with one attached hydrogen (secondary N) is 1. The maximum atomic E-state index is 5.71. The van der Waals surface area contributed by atoms with Gasteiger partial charge in [0.15, 0.2) is 11.6 Å². The molecule has 0 radical (unpaired) electrons. The maximum absolute atomic E-state index is 5.71. The number of anilines is 1. The smallest absolute Gasteiger partial charge is 0.168 e. The average Bonchev–Trinajstić information content (AvgIpc) is 2.74. The van der Waals surface area contributed by atoms with Gasteiger partial charge in [-0.3, -0.25) is 0 Å². The van der Waals surface area contributed by atoms with E-state index in [1.807, 2.05) is 18.3 Å². The molecule has 0 saturated heterocycles. The van der Waals surface area contributed by atoms with Crippen molar-refractivity contribution >= 4 is 5.82 Å². The lowest BCUT2D eigenvalue weighted by Crippen LogP contribution is -2.22. The third kappa shape index (κ3) is 3.11. The molecule has 94 valence electrons. The van der Waals surface area contributed by atoms with Crippen LogP contribution in [0.5, 0.6) is 5.75 Å². The highest BCUT2D eigenvalue weighted by molar-refractivity contribution is 5.50. The Morgan fingerprint density at radius 1 is 1.47 bits per heavy atom. The van der Waals surface area contributed by atoms with E-state index in [2.05, 4.69) is 24.1 Å². The highest BCUT2D eigenvalue weighted by atomic mass is 16.5. The van der Waals surface area contributed by atoms with Crippen molar-refractivity contribution in [2.75, 3.05) is 11.9 Å². The van der Waals surface area contributed by atoms with Gasteiger partial charge in [-0.2, -0.15) is 0 Å². The first-order valence-corrected chi connectivity index (χ1v) is 6.65. The van der Waals surface area contributed by atoms with Gasteiger partial charge in [-0.05, 0) is 37.3 Å². The summed E-state index contributed by atoms with van der Waals surface area (Å²) in [6.45, 7) is 5.17. The molecule has 17 heavy (non-hydrogen) atoms. The molecule has 3 nitrogen and oxygen atoms in total. The second-order valence-corrected chi connectivity index (χ2v) is 4.86. The van der Waals surface area contributed by atoms with Crippen LogP contribution >= 0.6 is 0 Å². The van der Waals surface area contributed by atoms with E-state index in [9.17, 15) is 0 Å². The highest BCUT2D eigenvalue weighted by Crippen LogP contribution is 2.30. The van der Waals surface area contributed by atoms with E-state index in [4.69, 9.17) is 4.74 Å². The zero-order chi connectivity index (χ0) is 12.1. The summed E-state index contributed by atoms with van der Waals surface area (Å²) in [6.07, 6.45) is 6.71. The van der Waals surface area contributed by atoms with Gasteiger partial charge in [0, 0.05) is 12.2 Å². The van der Waals surface area contributed by atoms with Crippen molar-refractivity contribution in [3.05, 3.63) is 18.3 Å². The number of pyridine rings is 1. The Balaban J connectivity index is 2.03. The predicted molar refractivity (Wildman–Crippen MR) is 70.4 cm³/mol. The first-order valence-electron chi connectivity index (χ1n) is 6.65. The molecular weight excluding hydrogens is 212 g/mol. The van der Waals surface area contributed by atoms with Crippen LogP contribution in [0.15, 0.2) is 18.3 Å². The molecule has 1 aliphatic carbocycles. The monoisotopic (exact) mass is 234 g/mol. The van der Waals surface area contributed by atoms with Crippen LogP contribution in [0, 0.1) is 5.92 Å². The Kier molecular flexibility index (Phi) is 4.24. The molecule has 1 aromatic heterocycles. The van der Waals surface area contributed by atoms with Gasteiger partial charge in [-0.1, -0.05) is 20.3 Å². The van der Waals surface area contributed by atoms with E-state index in [-0.39, 0.29) is 0 Å². The molecular formula is C14H22N2O. The SMILES string of the molecule is CCCOc1cccnc1NC1CCCC1C. The molecule has 1 fully saturated rings. The molecule has 0 spiro atoms. The second-order valence-electron chi connectivity index (χ2n) is 4.86. The maximum Gasteiger partial charge on any atom is 0.168 e. The third-order valence-electron chi connectivity index (χ3n) is 3.42. The predicted octanol–water partition coefficient (Wildman–Crippen LogP) is 3.47. The molecule has 2 rings (SSSR count). The fraction of sp³-hybridized carbons (Fsp3) is 0.643. The van der Waals surface area contributed by atoms with Gasteiger partial charge in [0.1, 0.15) is 0 Å². The summed E-state index contributed by atoms with van der Waals surface area (Å²) in [5, 5.41) is 3.53. The minimum atomic E-state index is 0.550. The molecule has 1 heterocycles. The summed E-state index contributed by atoms with van der Waals surface area (Å²) < 4.78 is 5.71. The highest BCUT2D eigenvalue weighted by Gasteiger charge is 2.24. The molecule has 0 aliphatic heterocycles. The van der Waals surface area contributed by atoms with Crippen LogP contribution in [0.25, 0.3) is 0 Å². The van der Waals surface area contributed by atoms with E-state index in [0.717, 1.165) is 30.5 Å². The number of hydrogen-bond donors (Lipinski definition) is 1. The van der Waals surface area contributed by atoms with E-state index < -0.39 is 0 Å². The van der Waals surface area contributed by atoms with Crippen molar-refractivity contribution in [2.45, 2.75) is 45.6 Å². The topological polar surface area (TPSA) is 34.1 Å². The molecule has 1 aromatic rings. The molecule has 3 heteroatoms. The first kappa shape index (κ1) is 12.2. The van der Waals surface area contributed by atoms with E-state index >= 15 is 0 Å². The number of ether oxygens (including phenoxy) is 1. The molecule has 1 aliphatic rings. The normalized spacial score (nSPS) is 23.6. The van der Waals surface area contributed by atoms with Crippen LogP contribution < -0.4 is 10.1 Å². The van der Waals surface area contributed by atoms with Crippen LogP contribution in [-0.4, -0.2) is 17.6 Å². The van der Waals surface area contributed by atoms with Gasteiger partial charge in [-0.25, -0.2) is 4.98 Å². The Bertz CT molecular complexity index is 354. The van der Waals surface area contributed by atoms with Crippen molar-refractivity contribution in [3.63, 3.8) is 0 Å². The molecule has 2 unspecified atom stereocenters. The molecule has 0 aromatic carbocycles. The lowest BCUT2D eigenvalue weighted by atomic mass is 10.1. The summed E-state index contributed by atoms with van der Waals surface area (Å²) in [5.41, 5.74) is 0. The summed E-state index contributed by atoms with van der Waals surface area (Å²) in [5.74, 6) is 2.52. The second kappa shape index (κ2) is 5.89. The fourth-order valence-electron chi connectivity index (χ4n) is 2.36. The molecule has 2 atom stereocenters. The molecule has 0 bridgehead atoms. The van der Waals surface area contributed by atoms with Crippen LogP contribution in [0.4, 0.5) is 5.82 Å². The quantitative estimate of drug-likeness (QED) is 0.847. The van der Waals surface area contributed by atoms with Crippen LogP contribution in [0.3, 0.4) is 0 Å². The summed E-state index contributed by atoms with van der Waals surface area (Å²) in [7, 11) is 0. The fourth-order valence-corrected chi connectivity index (χ4v) is 2.36. The Morgan fingerprint density at radius 2 is 2.35 bits per heavy atom. The minimum Gasteiger partial charge on any atom is -0.490 e. The largest absolute Gasteiger partial charge is 0.490 e. The minimum absolute atomic E-state index is 0.550. The first-order chi connectivity index (χ1) is 8.31. The lowest BCUT2D eigenvalue weighted by molar-refractivity contribution is 0.317. The average molecular weight is 234 g/mol. The van der Waals surface area contributed by atoms with E-state index in [0.29, 0.717) is 6.04 Å². The molecule has 1 N–H and O–H groups in total. The van der Waals surface area contributed by atoms with E-state index in [1.165, 1.54) is 19.3 Å². The van der Waals surface area contributed by atoms with Crippen molar-refractivity contribution < 1.29 is 4.74 Å². The Labute approximate surface area is 104 Å². The van der Waals surface area contributed by atoms with Crippen molar-refractivity contribution in [1.82, 2.24) is 4.98 Å².